The summed E-state index contributed by atoms with van der Waals surface area (Å²) >= 11 is 0. The minimum atomic E-state index is -0.272. The minimum absolute atomic E-state index is 0.272. The number of hydrogen-bond acceptors (Lipinski definition) is 3. The van der Waals surface area contributed by atoms with Crippen molar-refractivity contribution in [2.75, 3.05) is 20.7 Å². The summed E-state index contributed by atoms with van der Waals surface area (Å²) in [5, 5.41) is 0. The summed E-state index contributed by atoms with van der Waals surface area (Å²) in [4.78, 5) is 17.7. The summed E-state index contributed by atoms with van der Waals surface area (Å²) in [6.07, 6.45) is 3.64. The molecule has 0 fully saturated rings. The second-order valence-corrected chi connectivity index (χ2v) is 4.24. The van der Waals surface area contributed by atoms with E-state index in [1.54, 1.807) is 30.6 Å². The van der Waals surface area contributed by atoms with Crippen molar-refractivity contribution in [1.29, 1.82) is 0 Å². The molecular weight excluding hydrogens is 228 g/mol. The highest BCUT2D eigenvalue weighted by Gasteiger charge is 2.05. The van der Waals surface area contributed by atoms with Gasteiger partial charge in [-0.05, 0) is 30.7 Å². The molecule has 0 bridgehead atoms. The monoisotopic (exact) mass is 248 g/mol. The van der Waals surface area contributed by atoms with Crippen LogP contribution in [0.5, 0.6) is 0 Å². The molecule has 0 unspecified atom stereocenters. The molecule has 4 heteroatoms. The molecule has 0 atom stereocenters. The Morgan fingerprint density at radius 3 is 2.56 bits per heavy atom. The minimum Gasteiger partial charge on any atom is -0.462 e. The molecule has 0 amide bonds. The Bertz CT molecular complexity index is 397. The van der Waals surface area contributed by atoms with E-state index >= 15 is 0 Å². The third kappa shape index (κ3) is 4.99. The highest BCUT2D eigenvalue weighted by molar-refractivity contribution is 5.89. The first-order valence-corrected chi connectivity index (χ1v) is 6.11. The molecule has 0 saturated carbocycles. The molecule has 0 aliphatic carbocycles. The van der Waals surface area contributed by atoms with E-state index in [0.717, 1.165) is 18.5 Å². The number of carbonyl (C=O) groups excluding carboxylic acids is 1. The van der Waals surface area contributed by atoms with Gasteiger partial charge in [0.25, 0.3) is 0 Å². The smallest absolute Gasteiger partial charge is 0.338 e. The fourth-order valence-electron chi connectivity index (χ4n) is 1.26. The summed E-state index contributed by atoms with van der Waals surface area (Å²) in [6, 6.07) is 7.07. The van der Waals surface area contributed by atoms with E-state index in [9.17, 15) is 4.79 Å². The van der Waals surface area contributed by atoms with E-state index in [1.165, 1.54) is 0 Å². The average molecular weight is 248 g/mol. The van der Waals surface area contributed by atoms with Crippen molar-refractivity contribution in [3.8, 4) is 0 Å². The molecule has 0 aliphatic heterocycles. The first kappa shape index (κ1) is 14.2. The number of unbranched alkanes of at least 4 members (excludes halogenated alkanes) is 1. The number of hydrogen-bond donors (Lipinski definition) is 0. The highest BCUT2D eigenvalue weighted by atomic mass is 16.5. The van der Waals surface area contributed by atoms with Gasteiger partial charge in [0.1, 0.15) is 0 Å². The fourth-order valence-corrected chi connectivity index (χ4v) is 1.26. The van der Waals surface area contributed by atoms with Crippen LogP contribution < -0.4 is 0 Å². The Labute approximate surface area is 108 Å². The van der Waals surface area contributed by atoms with Gasteiger partial charge in [-0.2, -0.15) is 0 Å². The molecule has 0 N–H and O–H groups in total. The first-order chi connectivity index (χ1) is 8.63. The van der Waals surface area contributed by atoms with Gasteiger partial charge in [0.05, 0.1) is 24.2 Å². The maximum absolute atomic E-state index is 11.6. The number of nitrogens with zero attached hydrogens (tertiary/aromatic N) is 2. The molecule has 0 heterocycles. The quantitative estimate of drug-likeness (QED) is 0.336. The predicted octanol–water partition coefficient (Wildman–Crippen LogP) is 2.86. The third-order valence-corrected chi connectivity index (χ3v) is 2.27. The Balaban J connectivity index is 2.56. The van der Waals surface area contributed by atoms with Gasteiger partial charge in [-0.1, -0.05) is 13.3 Å². The number of carbonyl (C=O) groups is 1. The maximum atomic E-state index is 11.6. The lowest BCUT2D eigenvalue weighted by atomic mass is 10.2. The number of ether oxygens (including phenoxy) is 1. The zero-order valence-electron chi connectivity index (χ0n) is 11.2. The van der Waals surface area contributed by atoms with Crippen LogP contribution in [0, 0.1) is 0 Å². The molecule has 0 aliphatic rings. The number of benzene rings is 1. The van der Waals surface area contributed by atoms with Gasteiger partial charge in [-0.15, -0.1) is 0 Å². The molecule has 4 nitrogen and oxygen atoms in total. The predicted molar refractivity (Wildman–Crippen MR) is 73.5 cm³/mol. The van der Waals surface area contributed by atoms with Gasteiger partial charge in [0.15, 0.2) is 0 Å². The molecule has 0 saturated heterocycles. The normalized spacial score (nSPS) is 10.6. The van der Waals surface area contributed by atoms with E-state index in [2.05, 4.69) is 11.9 Å². The van der Waals surface area contributed by atoms with Crippen LogP contribution in [0.3, 0.4) is 0 Å². The van der Waals surface area contributed by atoms with E-state index < -0.39 is 0 Å². The lowest BCUT2D eigenvalue weighted by Crippen LogP contribution is -2.07. The molecule has 18 heavy (non-hydrogen) atoms. The molecular formula is C14H20N2O2. The zero-order chi connectivity index (χ0) is 13.4. The van der Waals surface area contributed by atoms with Crippen molar-refractivity contribution in [2.24, 2.45) is 4.99 Å². The molecule has 0 radical (unpaired) electrons. The van der Waals surface area contributed by atoms with E-state index in [0.29, 0.717) is 12.2 Å². The maximum Gasteiger partial charge on any atom is 0.338 e. The van der Waals surface area contributed by atoms with Crippen molar-refractivity contribution in [3.63, 3.8) is 0 Å². The van der Waals surface area contributed by atoms with Crippen LogP contribution in [0.2, 0.25) is 0 Å². The van der Waals surface area contributed by atoms with E-state index in [-0.39, 0.29) is 5.97 Å². The summed E-state index contributed by atoms with van der Waals surface area (Å²) in [6.45, 7) is 2.54. The van der Waals surface area contributed by atoms with E-state index in [1.807, 2.05) is 19.0 Å². The standard InChI is InChI=1S/C14H20N2O2/c1-4-5-10-18-14(17)12-6-8-13(9-7-12)15-11-16(2)3/h6-9,11H,4-5,10H2,1-3H3. The Morgan fingerprint density at radius 2 is 2.00 bits per heavy atom. The molecule has 1 aromatic rings. The second kappa shape index (κ2) is 7.48. The summed E-state index contributed by atoms with van der Waals surface area (Å²) in [7, 11) is 3.81. The van der Waals surface area contributed by atoms with Crippen molar-refractivity contribution in [1.82, 2.24) is 4.90 Å². The van der Waals surface area contributed by atoms with Crippen LogP contribution in [0.25, 0.3) is 0 Å². The van der Waals surface area contributed by atoms with Gasteiger partial charge in [-0.3, -0.25) is 0 Å². The topological polar surface area (TPSA) is 41.9 Å². The summed E-state index contributed by atoms with van der Waals surface area (Å²) < 4.78 is 5.12. The van der Waals surface area contributed by atoms with Crippen LogP contribution in [0.4, 0.5) is 5.69 Å². The average Bonchev–Trinajstić information content (AvgIpc) is 2.37. The van der Waals surface area contributed by atoms with Gasteiger partial charge in [0, 0.05) is 14.1 Å². The van der Waals surface area contributed by atoms with E-state index in [4.69, 9.17) is 4.74 Å². The molecule has 1 rings (SSSR count). The molecule has 1 aromatic carbocycles. The largest absolute Gasteiger partial charge is 0.462 e. The zero-order valence-corrected chi connectivity index (χ0v) is 11.2. The highest BCUT2D eigenvalue weighted by Crippen LogP contribution is 2.13. The van der Waals surface area contributed by atoms with Crippen LogP contribution in [0.1, 0.15) is 30.1 Å². The number of rotatable bonds is 6. The fraction of sp³-hybridized carbons (Fsp3) is 0.429. The molecule has 98 valence electrons. The van der Waals surface area contributed by atoms with Crippen LogP contribution in [0.15, 0.2) is 29.3 Å². The lowest BCUT2D eigenvalue weighted by Gasteiger charge is -2.04. The van der Waals surface area contributed by atoms with Crippen molar-refractivity contribution < 1.29 is 9.53 Å². The second-order valence-electron chi connectivity index (χ2n) is 4.24. The van der Waals surface area contributed by atoms with Crippen LogP contribution in [-0.4, -0.2) is 37.9 Å². The van der Waals surface area contributed by atoms with Crippen LogP contribution in [-0.2, 0) is 4.74 Å². The van der Waals surface area contributed by atoms with Crippen molar-refractivity contribution >= 4 is 18.0 Å². The third-order valence-electron chi connectivity index (χ3n) is 2.27. The summed E-state index contributed by atoms with van der Waals surface area (Å²) in [5.41, 5.74) is 1.38. The van der Waals surface area contributed by atoms with Gasteiger partial charge >= 0.3 is 5.97 Å². The molecule has 0 aromatic heterocycles. The van der Waals surface area contributed by atoms with Gasteiger partial charge < -0.3 is 9.64 Å². The Morgan fingerprint density at radius 1 is 1.33 bits per heavy atom. The Hall–Kier alpha value is -1.84. The SMILES string of the molecule is CCCCOC(=O)c1ccc(N=CN(C)C)cc1. The van der Waals surface area contributed by atoms with Gasteiger partial charge in [0.2, 0.25) is 0 Å². The number of aliphatic imine (C=N–C) groups is 1. The van der Waals surface area contributed by atoms with Gasteiger partial charge in [-0.25, -0.2) is 9.79 Å². The summed E-state index contributed by atoms with van der Waals surface area (Å²) in [5.74, 6) is -0.272. The van der Waals surface area contributed by atoms with Crippen molar-refractivity contribution in [2.45, 2.75) is 19.8 Å². The molecule has 0 spiro atoms. The lowest BCUT2D eigenvalue weighted by molar-refractivity contribution is 0.0500. The van der Waals surface area contributed by atoms with Crippen molar-refractivity contribution in [3.05, 3.63) is 29.8 Å². The Kier molecular flexibility index (Phi) is 5.91. The van der Waals surface area contributed by atoms with Crippen LogP contribution >= 0.6 is 0 Å². The first-order valence-electron chi connectivity index (χ1n) is 6.11. The number of esters is 1.